The molecule has 2 N–H and O–H groups in total. The molecule has 18 heteroatoms. The fourth-order valence-electron chi connectivity index (χ4n) is 6.94. The van der Waals surface area contributed by atoms with Crippen molar-refractivity contribution in [3.05, 3.63) is 129 Å². The molecule has 5 rings (SSSR count). The van der Waals surface area contributed by atoms with Crippen LogP contribution in [0, 0.1) is 11.3 Å². The van der Waals surface area contributed by atoms with Crippen molar-refractivity contribution in [2.24, 2.45) is 0 Å². The smallest absolute Gasteiger partial charge is 0.471 e. The number of hydrogen-bond acceptors (Lipinski definition) is 11. The molecule has 5 atom stereocenters. The third-order valence-electron chi connectivity index (χ3n) is 9.53. The molecule has 0 radical (unpaired) electrons. The lowest BCUT2D eigenvalue weighted by Gasteiger charge is -2.39. The molecule has 0 saturated carbocycles. The molecular formula is C41H47F3N5O9P. The molecule has 1 amide bonds. The Labute approximate surface area is 340 Å². The van der Waals surface area contributed by atoms with Crippen molar-refractivity contribution >= 4 is 14.4 Å². The quantitative estimate of drug-likeness (QED) is 0.0669. The van der Waals surface area contributed by atoms with E-state index >= 15 is 0 Å². The number of nitriles is 1. The van der Waals surface area contributed by atoms with Gasteiger partial charge in [0, 0.05) is 24.3 Å². The van der Waals surface area contributed by atoms with Gasteiger partial charge in [-0.1, -0.05) is 54.6 Å². The van der Waals surface area contributed by atoms with Gasteiger partial charge in [-0.15, -0.1) is 0 Å². The van der Waals surface area contributed by atoms with Crippen LogP contribution in [0.1, 0.15) is 57.0 Å². The van der Waals surface area contributed by atoms with Gasteiger partial charge in [-0.05, 0) is 68.7 Å². The minimum Gasteiger partial charge on any atom is -0.497 e. The minimum absolute atomic E-state index is 0.0209. The number of benzene rings is 3. The van der Waals surface area contributed by atoms with Gasteiger partial charge in [0.05, 0.1) is 39.9 Å². The second-order valence-electron chi connectivity index (χ2n) is 14.0. The average Bonchev–Trinajstić information content (AvgIpc) is 3.53. The summed E-state index contributed by atoms with van der Waals surface area (Å²) in [6.45, 7) is 7.02. The van der Waals surface area contributed by atoms with Crippen molar-refractivity contribution in [2.45, 2.75) is 82.5 Å². The van der Waals surface area contributed by atoms with Crippen molar-refractivity contribution in [2.75, 3.05) is 27.4 Å². The van der Waals surface area contributed by atoms with Crippen molar-refractivity contribution in [1.82, 2.24) is 19.5 Å². The zero-order valence-corrected chi connectivity index (χ0v) is 34.2. The van der Waals surface area contributed by atoms with E-state index in [0.717, 1.165) is 16.8 Å². The maximum atomic E-state index is 14.1. The number of carbonyl (C=O) groups excluding carboxylic acids is 1. The molecule has 4 aromatic rings. The highest BCUT2D eigenvalue weighted by molar-refractivity contribution is 7.44. The van der Waals surface area contributed by atoms with Crippen LogP contribution in [-0.2, 0) is 28.9 Å². The molecule has 1 aliphatic rings. The topological polar surface area (TPSA) is 166 Å². The van der Waals surface area contributed by atoms with E-state index in [0.29, 0.717) is 28.2 Å². The molecule has 1 aromatic heterocycles. The summed E-state index contributed by atoms with van der Waals surface area (Å²) in [6.07, 6.45) is -8.77. The molecule has 59 heavy (non-hydrogen) atoms. The van der Waals surface area contributed by atoms with Crippen LogP contribution in [0.4, 0.5) is 13.2 Å². The maximum Gasteiger partial charge on any atom is 0.471 e. The fourth-order valence-corrected chi connectivity index (χ4v) is 8.71. The molecule has 316 valence electrons. The summed E-state index contributed by atoms with van der Waals surface area (Å²) in [4.78, 5) is 40.3. The molecule has 1 fully saturated rings. The van der Waals surface area contributed by atoms with Crippen molar-refractivity contribution in [3.63, 3.8) is 0 Å². The number of ether oxygens (including phenoxy) is 4. The summed E-state index contributed by atoms with van der Waals surface area (Å²) in [5.41, 5.74) is -1.28. The number of rotatable bonds is 18. The van der Waals surface area contributed by atoms with Crippen molar-refractivity contribution in [3.8, 4) is 17.6 Å². The highest BCUT2D eigenvalue weighted by atomic mass is 31.2. The molecule has 3 aromatic carbocycles. The highest BCUT2D eigenvalue weighted by Crippen LogP contribution is 2.51. The van der Waals surface area contributed by atoms with Gasteiger partial charge in [-0.2, -0.15) is 18.4 Å². The first-order valence-electron chi connectivity index (χ1n) is 18.7. The number of amides is 1. The molecule has 2 heterocycles. The van der Waals surface area contributed by atoms with Crippen LogP contribution in [0.15, 0.2) is 101 Å². The molecule has 14 nitrogen and oxygen atoms in total. The summed E-state index contributed by atoms with van der Waals surface area (Å²) in [5, 5.41) is 11.3. The van der Waals surface area contributed by atoms with Gasteiger partial charge < -0.3 is 33.3 Å². The SMILES string of the molecule is COc1ccc(C(OC[C@H]2O[C@@H](n3ccc(=O)[nH]c3=O)[C@H](NC(=O)C(F)(F)F)[C@@H]2OP(OCCC#N)N(C(C)C)C(C)C)(c2ccccc2)c2ccc(OC)cc2)cc1. The van der Waals surface area contributed by atoms with Crippen LogP contribution < -0.4 is 26.0 Å². The molecule has 1 saturated heterocycles. The Balaban J connectivity index is 1.71. The Kier molecular flexibility index (Phi) is 15.1. The molecular weight excluding hydrogens is 794 g/mol. The zero-order valence-electron chi connectivity index (χ0n) is 33.3. The van der Waals surface area contributed by atoms with Crippen LogP contribution in [0.25, 0.3) is 0 Å². The largest absolute Gasteiger partial charge is 0.497 e. The minimum atomic E-state index is -5.35. The van der Waals surface area contributed by atoms with Gasteiger partial charge in [-0.3, -0.25) is 19.1 Å². The standard InChI is InChI=1S/C41H47F3N5O9P/c1-26(2)49(27(3)4)59(56-24-10-22-45)58-36-33(57-37(35(36)47-38(51)41(42,43)44)48-23-21-34(50)46-39(48)52)25-55-40(28-11-8-7-9-12-28,29-13-17-31(53-5)18-14-29)30-15-19-32(54-6)20-16-30/h7-9,11-21,23,26-27,33,35-37H,10,24-25H2,1-6H3,(H,47,51)(H,46,50,52)/t33-,35-,36-,37-,59?/m1/s1. The van der Waals surface area contributed by atoms with Crippen LogP contribution in [-0.4, -0.2) is 84.1 Å². The molecule has 0 aliphatic carbocycles. The summed E-state index contributed by atoms with van der Waals surface area (Å²) in [7, 11) is 0.897. The van der Waals surface area contributed by atoms with Gasteiger partial charge in [0.2, 0.25) is 0 Å². The number of nitrogens with one attached hydrogen (secondary N) is 2. The van der Waals surface area contributed by atoms with Gasteiger partial charge in [-0.25, -0.2) is 9.46 Å². The molecule has 1 aliphatic heterocycles. The normalized spacial score (nSPS) is 18.8. The molecule has 0 spiro atoms. The van der Waals surface area contributed by atoms with Crippen LogP contribution >= 0.6 is 8.53 Å². The monoisotopic (exact) mass is 841 g/mol. The van der Waals surface area contributed by atoms with Gasteiger partial charge in [0.15, 0.2) is 6.23 Å². The first-order valence-corrected chi connectivity index (χ1v) is 19.9. The van der Waals surface area contributed by atoms with Crippen molar-refractivity contribution < 1.29 is 46.0 Å². The second kappa shape index (κ2) is 19.8. The summed E-state index contributed by atoms with van der Waals surface area (Å²) in [5.74, 6) is -1.18. The number of methoxy groups -OCH3 is 2. The number of alkyl halides is 3. The lowest BCUT2D eigenvalue weighted by Crippen LogP contribution is -2.53. The summed E-state index contributed by atoms with van der Waals surface area (Å²) in [6, 6.07) is 24.4. The summed E-state index contributed by atoms with van der Waals surface area (Å²) < 4.78 is 82.2. The van der Waals surface area contributed by atoms with E-state index in [1.165, 1.54) is 14.2 Å². The predicted molar refractivity (Wildman–Crippen MR) is 212 cm³/mol. The van der Waals surface area contributed by atoms with E-state index in [4.69, 9.17) is 28.0 Å². The fraction of sp³-hybridized carbons (Fsp3) is 0.415. The summed E-state index contributed by atoms with van der Waals surface area (Å²) >= 11 is 0. The number of H-pyrrole nitrogens is 1. The average molecular weight is 842 g/mol. The van der Waals surface area contributed by atoms with E-state index in [-0.39, 0.29) is 25.1 Å². The Hall–Kier alpha value is -5.08. The number of halogens is 3. The number of nitrogens with zero attached hydrogens (tertiary/aromatic N) is 3. The lowest BCUT2D eigenvalue weighted by atomic mass is 9.80. The Morgan fingerprint density at radius 3 is 1.97 bits per heavy atom. The van der Waals surface area contributed by atoms with E-state index in [9.17, 15) is 32.8 Å². The number of carbonyl (C=O) groups is 1. The highest BCUT2D eigenvalue weighted by Gasteiger charge is 2.53. The van der Waals surface area contributed by atoms with Gasteiger partial charge in [0.25, 0.3) is 14.1 Å². The molecule has 0 bridgehead atoms. The van der Waals surface area contributed by atoms with E-state index in [1.54, 1.807) is 24.3 Å². The van der Waals surface area contributed by atoms with E-state index in [1.807, 2.05) is 98.3 Å². The van der Waals surface area contributed by atoms with E-state index < -0.39 is 68.5 Å². The third-order valence-corrected chi connectivity index (χ3v) is 11.7. The Morgan fingerprint density at radius 1 is 0.915 bits per heavy atom. The van der Waals surface area contributed by atoms with Crippen LogP contribution in [0.5, 0.6) is 11.5 Å². The van der Waals surface area contributed by atoms with E-state index in [2.05, 4.69) is 4.98 Å². The van der Waals surface area contributed by atoms with Gasteiger partial charge >= 0.3 is 17.8 Å². The maximum absolute atomic E-state index is 14.1. The third kappa shape index (κ3) is 10.4. The lowest BCUT2D eigenvalue weighted by molar-refractivity contribution is -0.175. The second-order valence-corrected chi connectivity index (χ2v) is 15.4. The Morgan fingerprint density at radius 2 is 1.47 bits per heavy atom. The molecule has 1 unspecified atom stereocenters. The zero-order chi connectivity index (χ0) is 42.9. The number of aromatic amines is 1. The van der Waals surface area contributed by atoms with Crippen LogP contribution in [0.3, 0.4) is 0 Å². The van der Waals surface area contributed by atoms with Crippen molar-refractivity contribution in [1.29, 1.82) is 5.26 Å². The Bertz CT molecular complexity index is 2090. The predicted octanol–water partition coefficient (Wildman–Crippen LogP) is 6.17. The van der Waals surface area contributed by atoms with Crippen LogP contribution in [0.2, 0.25) is 0 Å². The van der Waals surface area contributed by atoms with Gasteiger partial charge in [0.1, 0.15) is 35.3 Å². The number of hydrogen-bond donors (Lipinski definition) is 2. The first-order chi connectivity index (χ1) is 28.1. The first kappa shape index (κ1) is 45.0. The number of aromatic nitrogens is 2.